The fourth-order valence-electron chi connectivity index (χ4n) is 1.13. The lowest BCUT2D eigenvalue weighted by molar-refractivity contribution is -0.244. The Balaban J connectivity index is 2.30. The third-order valence-corrected chi connectivity index (χ3v) is 2.38. The van der Waals surface area contributed by atoms with Crippen molar-refractivity contribution in [2.24, 2.45) is 0 Å². The lowest BCUT2D eigenvalue weighted by atomic mass is 9.95. The molecule has 0 aliphatic carbocycles. The van der Waals surface area contributed by atoms with Gasteiger partial charge in [0.1, 0.15) is 0 Å². The van der Waals surface area contributed by atoms with Crippen molar-refractivity contribution < 1.29 is 14.9 Å². The van der Waals surface area contributed by atoms with E-state index in [0.29, 0.717) is 6.61 Å². The zero-order valence-electron chi connectivity index (χ0n) is 6.68. The number of epoxide rings is 1. The molecule has 3 nitrogen and oxygen atoms in total. The highest BCUT2D eigenvalue weighted by Gasteiger charge is 2.59. The molecule has 1 unspecified atom stereocenters. The maximum absolute atomic E-state index is 8.07. The second-order valence-corrected chi connectivity index (χ2v) is 3.43. The van der Waals surface area contributed by atoms with E-state index in [0.717, 1.165) is 6.42 Å². The summed E-state index contributed by atoms with van der Waals surface area (Å²) in [7, 11) is 0. The summed E-state index contributed by atoms with van der Waals surface area (Å²) in [6.45, 7) is 6.43. The van der Waals surface area contributed by atoms with E-state index in [1.165, 1.54) is 0 Å². The molecule has 1 heterocycles. The van der Waals surface area contributed by atoms with Crippen molar-refractivity contribution in [3.63, 3.8) is 0 Å². The van der Waals surface area contributed by atoms with Crippen LogP contribution in [0.4, 0.5) is 0 Å². The van der Waals surface area contributed by atoms with Crippen molar-refractivity contribution in [2.75, 3.05) is 6.61 Å². The van der Waals surface area contributed by atoms with Gasteiger partial charge in [0, 0.05) is 6.42 Å². The van der Waals surface area contributed by atoms with E-state index >= 15 is 0 Å². The van der Waals surface area contributed by atoms with Gasteiger partial charge in [0.15, 0.2) is 0 Å². The van der Waals surface area contributed by atoms with Gasteiger partial charge in [0.25, 0.3) is 0 Å². The third kappa shape index (κ3) is 1.17. The molecule has 1 fully saturated rings. The zero-order valence-corrected chi connectivity index (χ0v) is 6.68. The summed E-state index contributed by atoms with van der Waals surface area (Å²) >= 11 is 0. The smallest absolute Gasteiger partial charge is 0.0969 e. The first kappa shape index (κ1) is 7.98. The average Bonchev–Trinajstić information content (AvgIpc) is 2.29. The predicted molar refractivity (Wildman–Crippen MR) is 36.8 cm³/mol. The fourth-order valence-corrected chi connectivity index (χ4v) is 1.13. The normalized spacial score (nSPS) is 36.0. The molecule has 3 heteroatoms. The molecule has 0 spiro atoms. The summed E-state index contributed by atoms with van der Waals surface area (Å²) < 4.78 is 5.40. The molecule has 1 aliphatic rings. The summed E-state index contributed by atoms with van der Waals surface area (Å²) in [5.41, 5.74) is -0.124. The van der Waals surface area contributed by atoms with Gasteiger partial charge in [-0.15, -0.1) is 0 Å². The summed E-state index contributed by atoms with van der Waals surface area (Å²) in [4.78, 5) is 3.97. The van der Waals surface area contributed by atoms with Crippen molar-refractivity contribution in [3.8, 4) is 0 Å². The molecule has 1 atom stereocenters. The summed E-state index contributed by atoms with van der Waals surface area (Å²) in [6, 6.07) is 0. The molecule has 1 saturated heterocycles. The Kier molecular flexibility index (Phi) is 1.75. The van der Waals surface area contributed by atoms with Crippen LogP contribution in [0.2, 0.25) is 0 Å². The molecule has 60 valence electrons. The van der Waals surface area contributed by atoms with E-state index in [2.05, 4.69) is 4.89 Å². The van der Waals surface area contributed by atoms with Gasteiger partial charge in [0.2, 0.25) is 0 Å². The van der Waals surface area contributed by atoms with Crippen LogP contribution in [0.25, 0.3) is 0 Å². The number of ether oxygens (including phenoxy) is 1. The Morgan fingerprint density at radius 3 is 2.20 bits per heavy atom. The highest BCUT2D eigenvalue weighted by Crippen LogP contribution is 2.49. The standard InChI is InChI=1S/C7H14O3/c1-6(2)7(3,10-6)4-5-9-8/h8H,4-5H2,1-3H3. The van der Waals surface area contributed by atoms with Gasteiger partial charge < -0.3 is 4.74 Å². The molecular weight excluding hydrogens is 132 g/mol. The molecule has 1 rings (SSSR count). The first-order valence-corrected chi connectivity index (χ1v) is 3.48. The van der Waals surface area contributed by atoms with Crippen molar-refractivity contribution in [2.45, 2.75) is 38.4 Å². The fraction of sp³-hybridized carbons (Fsp3) is 1.00. The van der Waals surface area contributed by atoms with Gasteiger partial charge in [-0.2, -0.15) is 0 Å². The highest BCUT2D eigenvalue weighted by molar-refractivity contribution is 5.07. The predicted octanol–water partition coefficient (Wildman–Crippen LogP) is 1.43. The van der Waals surface area contributed by atoms with Crippen molar-refractivity contribution in [1.29, 1.82) is 0 Å². The van der Waals surface area contributed by atoms with Crippen LogP contribution in [0.5, 0.6) is 0 Å². The van der Waals surface area contributed by atoms with Crippen LogP contribution >= 0.6 is 0 Å². The molecule has 0 bridgehead atoms. The van der Waals surface area contributed by atoms with Crippen molar-refractivity contribution in [3.05, 3.63) is 0 Å². The van der Waals surface area contributed by atoms with Crippen LogP contribution in [-0.2, 0) is 9.62 Å². The summed E-state index contributed by atoms with van der Waals surface area (Å²) in [5, 5.41) is 8.07. The molecule has 0 amide bonds. The van der Waals surface area contributed by atoms with Crippen molar-refractivity contribution in [1.82, 2.24) is 0 Å². The van der Waals surface area contributed by atoms with E-state index in [-0.39, 0.29) is 11.2 Å². The minimum Gasteiger partial charge on any atom is -0.363 e. The van der Waals surface area contributed by atoms with Gasteiger partial charge in [-0.05, 0) is 20.8 Å². The largest absolute Gasteiger partial charge is 0.363 e. The minimum atomic E-state index is -0.0876. The second kappa shape index (κ2) is 2.19. The molecular formula is C7H14O3. The lowest BCUT2D eigenvalue weighted by Crippen LogP contribution is -2.18. The Hall–Kier alpha value is -0.120. The van der Waals surface area contributed by atoms with Crippen LogP contribution in [0.1, 0.15) is 27.2 Å². The van der Waals surface area contributed by atoms with E-state index < -0.39 is 0 Å². The molecule has 10 heavy (non-hydrogen) atoms. The Bertz CT molecular complexity index is 133. The maximum Gasteiger partial charge on any atom is 0.0969 e. The minimum absolute atomic E-state index is 0.0362. The number of hydrogen-bond donors (Lipinski definition) is 1. The molecule has 1 aliphatic heterocycles. The number of rotatable bonds is 3. The average molecular weight is 146 g/mol. The quantitative estimate of drug-likeness (QED) is 0.372. The van der Waals surface area contributed by atoms with Gasteiger partial charge >= 0.3 is 0 Å². The monoisotopic (exact) mass is 146 g/mol. The van der Waals surface area contributed by atoms with E-state index in [4.69, 9.17) is 9.99 Å². The Labute approximate surface area is 60.9 Å². The van der Waals surface area contributed by atoms with E-state index in [1.807, 2.05) is 20.8 Å². The summed E-state index contributed by atoms with van der Waals surface area (Å²) in [5.74, 6) is 0. The molecule has 0 aromatic rings. The summed E-state index contributed by atoms with van der Waals surface area (Å²) in [6.07, 6.45) is 0.747. The van der Waals surface area contributed by atoms with Crippen LogP contribution in [0.3, 0.4) is 0 Å². The molecule has 1 N–H and O–H groups in total. The molecule has 0 radical (unpaired) electrons. The van der Waals surface area contributed by atoms with Gasteiger partial charge in [-0.25, -0.2) is 4.89 Å². The third-order valence-electron chi connectivity index (χ3n) is 2.38. The van der Waals surface area contributed by atoms with Crippen LogP contribution in [-0.4, -0.2) is 23.1 Å². The van der Waals surface area contributed by atoms with Gasteiger partial charge in [-0.3, -0.25) is 5.26 Å². The molecule has 0 aromatic carbocycles. The van der Waals surface area contributed by atoms with Crippen LogP contribution < -0.4 is 0 Å². The number of hydrogen-bond acceptors (Lipinski definition) is 3. The zero-order chi connectivity index (χ0) is 7.83. The molecule has 0 aromatic heterocycles. The van der Waals surface area contributed by atoms with Crippen LogP contribution in [0.15, 0.2) is 0 Å². The Morgan fingerprint density at radius 2 is 1.90 bits per heavy atom. The van der Waals surface area contributed by atoms with E-state index in [9.17, 15) is 0 Å². The second-order valence-electron chi connectivity index (χ2n) is 3.43. The highest BCUT2D eigenvalue weighted by atomic mass is 17.1. The first-order chi connectivity index (χ1) is 4.52. The van der Waals surface area contributed by atoms with Gasteiger partial charge in [-0.1, -0.05) is 0 Å². The topological polar surface area (TPSA) is 42.0 Å². The lowest BCUT2D eigenvalue weighted by Gasteiger charge is -2.05. The van der Waals surface area contributed by atoms with Crippen molar-refractivity contribution >= 4 is 0 Å². The SMILES string of the molecule is CC1(C)OC1(C)CCOO. The van der Waals surface area contributed by atoms with Gasteiger partial charge in [0.05, 0.1) is 17.8 Å². The van der Waals surface area contributed by atoms with E-state index in [1.54, 1.807) is 0 Å². The Morgan fingerprint density at radius 1 is 1.40 bits per heavy atom. The first-order valence-electron chi connectivity index (χ1n) is 3.48. The molecule has 0 saturated carbocycles. The maximum atomic E-state index is 8.07. The van der Waals surface area contributed by atoms with Crippen LogP contribution in [0, 0.1) is 0 Å².